The van der Waals surface area contributed by atoms with E-state index in [2.05, 4.69) is 26.0 Å². The minimum absolute atomic E-state index is 0.0490. The van der Waals surface area contributed by atoms with Gasteiger partial charge in [-0.25, -0.2) is 9.78 Å². The highest BCUT2D eigenvalue weighted by Crippen LogP contribution is 2.34. The summed E-state index contributed by atoms with van der Waals surface area (Å²) < 4.78 is 12.3. The van der Waals surface area contributed by atoms with Crippen LogP contribution in [0.5, 0.6) is 5.75 Å². The molecule has 0 saturated carbocycles. The fourth-order valence-electron chi connectivity index (χ4n) is 3.11. The van der Waals surface area contributed by atoms with Gasteiger partial charge in [0.05, 0.1) is 28.6 Å². The number of nitro groups is 1. The third kappa shape index (κ3) is 5.42. The first-order valence-corrected chi connectivity index (χ1v) is 11.4. The summed E-state index contributed by atoms with van der Waals surface area (Å²) >= 11 is 9.42. The minimum atomic E-state index is -1.14. The molecule has 0 aliphatic carbocycles. The maximum atomic E-state index is 13.1. The third-order valence-electron chi connectivity index (χ3n) is 4.68. The number of aromatic nitrogens is 2. The number of nitro benzene ring substituents is 1. The molecule has 0 aliphatic rings. The van der Waals surface area contributed by atoms with Crippen LogP contribution in [0.25, 0.3) is 10.9 Å². The molecule has 10 nitrogen and oxygen atoms in total. The van der Waals surface area contributed by atoms with Crippen LogP contribution in [0.4, 0.5) is 5.69 Å². The van der Waals surface area contributed by atoms with Crippen molar-refractivity contribution in [3.8, 4) is 5.75 Å². The van der Waals surface area contributed by atoms with Gasteiger partial charge in [0.15, 0.2) is 6.10 Å². The Morgan fingerprint density at radius 3 is 2.74 bits per heavy atom. The molecule has 3 rings (SSSR count). The lowest BCUT2D eigenvalue weighted by molar-refractivity contribution is -0.386. The van der Waals surface area contributed by atoms with Crippen molar-refractivity contribution in [2.45, 2.75) is 33.3 Å². The van der Waals surface area contributed by atoms with E-state index in [-0.39, 0.29) is 22.9 Å². The summed E-state index contributed by atoms with van der Waals surface area (Å²) in [6.45, 7) is 4.98. The van der Waals surface area contributed by atoms with Crippen molar-refractivity contribution in [3.63, 3.8) is 0 Å². The van der Waals surface area contributed by atoms with Crippen molar-refractivity contribution in [2.75, 3.05) is 6.61 Å². The SMILES string of the molecule is CCOC(=O)[C@H](C)Oc1c(C=Nn2c(CC)nc3ccc(Br)cc3c2=O)cc(Cl)cc1[N+](=O)[O-]. The average molecular weight is 552 g/mol. The quantitative estimate of drug-likeness (QED) is 0.175. The molecule has 0 aliphatic heterocycles. The lowest BCUT2D eigenvalue weighted by atomic mass is 10.2. The molecule has 0 fully saturated rings. The summed E-state index contributed by atoms with van der Waals surface area (Å²) in [5.74, 6) is -0.542. The van der Waals surface area contributed by atoms with Gasteiger partial charge in [0.2, 0.25) is 5.75 Å². The Kier molecular flexibility index (Phi) is 8.00. The summed E-state index contributed by atoms with van der Waals surface area (Å²) in [5, 5.41) is 16.3. The second-order valence-electron chi connectivity index (χ2n) is 7.02. The number of esters is 1. The van der Waals surface area contributed by atoms with Gasteiger partial charge in [-0.15, -0.1) is 0 Å². The van der Waals surface area contributed by atoms with Crippen molar-refractivity contribution in [3.05, 3.63) is 71.7 Å². The van der Waals surface area contributed by atoms with Crippen LogP contribution in [0.2, 0.25) is 5.02 Å². The Labute approximate surface area is 207 Å². The Morgan fingerprint density at radius 2 is 2.09 bits per heavy atom. The first-order valence-electron chi connectivity index (χ1n) is 10.2. The molecule has 0 amide bonds. The molecular weight excluding hydrogens is 532 g/mol. The average Bonchev–Trinajstić information content (AvgIpc) is 2.79. The van der Waals surface area contributed by atoms with E-state index >= 15 is 0 Å². The highest BCUT2D eigenvalue weighted by atomic mass is 79.9. The summed E-state index contributed by atoms with van der Waals surface area (Å²) in [4.78, 5) is 40.6. The zero-order chi connectivity index (χ0) is 25.0. The number of carbonyl (C=O) groups is 1. The van der Waals surface area contributed by atoms with Crippen LogP contribution < -0.4 is 10.3 Å². The Morgan fingerprint density at radius 1 is 1.35 bits per heavy atom. The van der Waals surface area contributed by atoms with Crippen LogP contribution in [0.1, 0.15) is 32.2 Å². The lowest BCUT2D eigenvalue weighted by Crippen LogP contribution is -2.27. The molecular formula is C22H20BrClN4O6. The van der Waals surface area contributed by atoms with Gasteiger partial charge in [0, 0.05) is 27.5 Å². The first kappa shape index (κ1) is 25.3. The van der Waals surface area contributed by atoms with E-state index in [1.54, 1.807) is 25.1 Å². The summed E-state index contributed by atoms with van der Waals surface area (Å²) in [7, 11) is 0. The highest BCUT2D eigenvalue weighted by molar-refractivity contribution is 9.10. The molecule has 0 spiro atoms. The monoisotopic (exact) mass is 550 g/mol. The number of halogens is 2. The van der Waals surface area contributed by atoms with E-state index in [4.69, 9.17) is 21.1 Å². The van der Waals surface area contributed by atoms with E-state index in [1.165, 1.54) is 19.2 Å². The zero-order valence-corrected chi connectivity index (χ0v) is 20.8. The standard InChI is InChI=1S/C22H20BrClN4O6/c1-4-19-26-17-7-6-14(23)9-16(17)21(29)27(19)25-11-13-8-15(24)10-18(28(31)32)20(13)34-12(3)22(30)33-5-2/h6-12H,4-5H2,1-3H3/t12-/m0/s1. The Balaban J connectivity index is 2.15. The van der Waals surface area contributed by atoms with E-state index in [0.717, 1.165) is 10.7 Å². The van der Waals surface area contributed by atoms with E-state index in [9.17, 15) is 19.7 Å². The smallest absolute Gasteiger partial charge is 0.347 e. The van der Waals surface area contributed by atoms with Crippen molar-refractivity contribution in [1.29, 1.82) is 0 Å². The second-order valence-corrected chi connectivity index (χ2v) is 8.37. The Bertz CT molecular complexity index is 1360. The second kappa shape index (κ2) is 10.7. The normalized spacial score (nSPS) is 12.1. The van der Waals surface area contributed by atoms with Gasteiger partial charge in [-0.1, -0.05) is 34.5 Å². The maximum absolute atomic E-state index is 13.1. The third-order valence-corrected chi connectivity index (χ3v) is 5.39. The molecule has 1 aromatic heterocycles. The van der Waals surface area contributed by atoms with Gasteiger partial charge >= 0.3 is 11.7 Å². The van der Waals surface area contributed by atoms with E-state index < -0.39 is 28.2 Å². The van der Waals surface area contributed by atoms with Crippen LogP contribution in [-0.4, -0.2) is 39.5 Å². The summed E-state index contributed by atoms with van der Waals surface area (Å²) in [5.41, 5.74) is -0.271. The van der Waals surface area contributed by atoms with Gasteiger partial charge < -0.3 is 9.47 Å². The molecule has 0 N–H and O–H groups in total. The first-order chi connectivity index (χ1) is 16.2. The van der Waals surface area contributed by atoms with Gasteiger partial charge in [-0.2, -0.15) is 9.78 Å². The summed E-state index contributed by atoms with van der Waals surface area (Å²) in [6.07, 6.45) is 0.468. The van der Waals surface area contributed by atoms with Crippen molar-refractivity contribution < 1.29 is 19.2 Å². The number of hydrogen-bond donors (Lipinski definition) is 0. The summed E-state index contributed by atoms with van der Waals surface area (Å²) in [6, 6.07) is 7.62. The minimum Gasteiger partial charge on any atom is -0.471 e. The molecule has 0 saturated heterocycles. The molecule has 178 valence electrons. The van der Waals surface area contributed by atoms with Crippen LogP contribution in [0.3, 0.4) is 0 Å². The van der Waals surface area contributed by atoms with Crippen LogP contribution >= 0.6 is 27.5 Å². The zero-order valence-electron chi connectivity index (χ0n) is 18.4. The van der Waals surface area contributed by atoms with Crippen molar-refractivity contribution in [2.24, 2.45) is 5.10 Å². The number of rotatable bonds is 8. The van der Waals surface area contributed by atoms with Gasteiger partial charge in [0.1, 0.15) is 5.82 Å². The van der Waals surface area contributed by atoms with E-state index in [1.807, 2.05) is 6.92 Å². The number of ether oxygens (including phenoxy) is 2. The van der Waals surface area contributed by atoms with Gasteiger partial charge in [-0.3, -0.25) is 14.9 Å². The molecule has 1 atom stereocenters. The number of benzene rings is 2. The van der Waals surface area contributed by atoms with Crippen LogP contribution in [0.15, 0.2) is 44.7 Å². The topological polar surface area (TPSA) is 126 Å². The van der Waals surface area contributed by atoms with Crippen LogP contribution in [0, 0.1) is 10.1 Å². The van der Waals surface area contributed by atoms with Crippen molar-refractivity contribution in [1.82, 2.24) is 9.66 Å². The highest BCUT2D eigenvalue weighted by Gasteiger charge is 2.26. The maximum Gasteiger partial charge on any atom is 0.347 e. The molecule has 0 bridgehead atoms. The molecule has 34 heavy (non-hydrogen) atoms. The molecule has 12 heteroatoms. The molecule has 3 aromatic rings. The fraction of sp³-hybridized carbons (Fsp3) is 0.273. The number of hydrogen-bond acceptors (Lipinski definition) is 8. The number of aryl methyl sites for hydroxylation is 1. The Hall–Kier alpha value is -3.31. The largest absolute Gasteiger partial charge is 0.471 e. The lowest BCUT2D eigenvalue weighted by Gasteiger charge is -2.15. The van der Waals surface area contributed by atoms with Crippen LogP contribution in [-0.2, 0) is 16.0 Å². The molecule has 0 unspecified atom stereocenters. The number of fused-ring (bicyclic) bond motifs is 1. The predicted molar refractivity (Wildman–Crippen MR) is 131 cm³/mol. The number of nitrogens with zero attached hydrogens (tertiary/aromatic N) is 4. The van der Waals surface area contributed by atoms with Gasteiger partial charge in [-0.05, 0) is 38.1 Å². The molecule has 1 heterocycles. The molecule has 0 radical (unpaired) electrons. The van der Waals surface area contributed by atoms with E-state index in [0.29, 0.717) is 27.6 Å². The fourth-order valence-corrected chi connectivity index (χ4v) is 3.69. The number of carbonyl (C=O) groups excluding carboxylic acids is 1. The van der Waals surface area contributed by atoms with Gasteiger partial charge in [0.25, 0.3) is 5.56 Å². The predicted octanol–water partition coefficient (Wildman–Crippen LogP) is 4.50. The molecule has 2 aromatic carbocycles. The van der Waals surface area contributed by atoms with Crippen molar-refractivity contribution >= 4 is 56.3 Å².